The lowest BCUT2D eigenvalue weighted by molar-refractivity contribution is 0.637. The van der Waals surface area contributed by atoms with Gasteiger partial charge in [0.05, 0.1) is 16.8 Å². The second-order valence-corrected chi connectivity index (χ2v) is 5.75. The van der Waals surface area contributed by atoms with Gasteiger partial charge in [-0.25, -0.2) is 0 Å². The molecule has 2 N–H and O–H groups in total. The topological polar surface area (TPSA) is 24.1 Å². The van der Waals surface area contributed by atoms with E-state index in [9.17, 15) is 0 Å². The van der Waals surface area contributed by atoms with Gasteiger partial charge in [-0.05, 0) is 48.7 Å². The maximum Gasteiger partial charge on any atom is 0.0637 e. The van der Waals surface area contributed by atoms with Crippen molar-refractivity contribution in [1.29, 1.82) is 0 Å². The van der Waals surface area contributed by atoms with Crippen LogP contribution in [0.1, 0.15) is 29.2 Å². The molecule has 0 aromatic heterocycles. The van der Waals surface area contributed by atoms with Gasteiger partial charge in [-0.1, -0.05) is 41.9 Å². The predicted molar refractivity (Wildman–Crippen MR) is 85.3 cm³/mol. The van der Waals surface area contributed by atoms with Crippen molar-refractivity contribution in [2.24, 2.45) is 0 Å². The quantitative estimate of drug-likeness (QED) is 0.860. The molecule has 2 aromatic carbocycles. The second kappa shape index (κ2) is 5.86. The van der Waals surface area contributed by atoms with Gasteiger partial charge in [0.25, 0.3) is 0 Å². The number of hydrogen-bond acceptors (Lipinski definition) is 2. The van der Waals surface area contributed by atoms with Crippen molar-refractivity contribution in [3.8, 4) is 0 Å². The third kappa shape index (κ3) is 2.82. The number of benzene rings is 2. The monoisotopic (exact) mass is 286 g/mol. The van der Waals surface area contributed by atoms with Gasteiger partial charge in [0.2, 0.25) is 0 Å². The van der Waals surface area contributed by atoms with Crippen LogP contribution in [0.15, 0.2) is 42.5 Å². The average Bonchev–Trinajstić information content (AvgIpc) is 2.66. The average molecular weight is 287 g/mol. The number of anilines is 1. The smallest absolute Gasteiger partial charge is 0.0637 e. The predicted octanol–water partition coefficient (Wildman–Crippen LogP) is 4.29. The molecule has 20 heavy (non-hydrogen) atoms. The van der Waals surface area contributed by atoms with Crippen LogP contribution >= 0.6 is 11.6 Å². The molecule has 2 aromatic rings. The molecular weight excluding hydrogens is 268 g/mol. The van der Waals surface area contributed by atoms with Gasteiger partial charge in [-0.3, -0.25) is 0 Å². The summed E-state index contributed by atoms with van der Waals surface area (Å²) in [6.07, 6.45) is 1.06. The van der Waals surface area contributed by atoms with Crippen LogP contribution in [0.4, 0.5) is 5.69 Å². The summed E-state index contributed by atoms with van der Waals surface area (Å²) in [6, 6.07) is 15.0. The molecule has 0 saturated carbocycles. The maximum absolute atomic E-state index is 6.31. The van der Waals surface area contributed by atoms with E-state index in [-0.39, 0.29) is 0 Å². The lowest BCUT2D eigenvalue weighted by Gasteiger charge is -2.21. The zero-order valence-electron chi connectivity index (χ0n) is 11.6. The van der Waals surface area contributed by atoms with Gasteiger partial charge >= 0.3 is 0 Å². The minimum atomic E-state index is 0.306. The van der Waals surface area contributed by atoms with Crippen LogP contribution in [0.25, 0.3) is 0 Å². The molecular formula is C17H19ClN2. The van der Waals surface area contributed by atoms with Gasteiger partial charge in [0.15, 0.2) is 0 Å². The molecule has 0 amide bonds. The number of nitrogens with one attached hydrogen (secondary N) is 2. The Morgan fingerprint density at radius 3 is 2.95 bits per heavy atom. The number of hydrogen-bond donors (Lipinski definition) is 2. The third-order valence-corrected chi connectivity index (χ3v) is 4.14. The first-order valence-corrected chi connectivity index (χ1v) is 7.43. The Hall–Kier alpha value is -1.51. The minimum Gasteiger partial charge on any atom is -0.377 e. The molecule has 0 radical (unpaired) electrons. The summed E-state index contributed by atoms with van der Waals surface area (Å²) in [4.78, 5) is 0. The number of halogens is 1. The molecule has 1 aliphatic heterocycles. The number of rotatable bonds is 2. The van der Waals surface area contributed by atoms with Crippen molar-refractivity contribution in [2.75, 3.05) is 11.9 Å². The van der Waals surface area contributed by atoms with Crippen LogP contribution in [-0.2, 0) is 6.54 Å². The minimum absolute atomic E-state index is 0.306. The van der Waals surface area contributed by atoms with Crippen LogP contribution in [0.3, 0.4) is 0 Å². The molecule has 1 atom stereocenters. The van der Waals surface area contributed by atoms with Gasteiger partial charge in [0.1, 0.15) is 0 Å². The van der Waals surface area contributed by atoms with Crippen molar-refractivity contribution >= 4 is 17.3 Å². The molecule has 1 heterocycles. The summed E-state index contributed by atoms with van der Waals surface area (Å²) in [7, 11) is 0. The molecule has 2 nitrogen and oxygen atoms in total. The van der Waals surface area contributed by atoms with Crippen LogP contribution < -0.4 is 10.6 Å². The second-order valence-electron chi connectivity index (χ2n) is 5.34. The molecule has 0 spiro atoms. The Labute approximate surface area is 125 Å². The summed E-state index contributed by atoms with van der Waals surface area (Å²) in [5.41, 5.74) is 4.98. The standard InChI is InChI=1S/C17H19ClN2/c1-12-6-7-15(18)17(10-12)20-16-8-9-19-11-13-4-2-3-5-14(13)16/h2-7,10,16,19-20H,8-9,11H2,1H3. The van der Waals surface area contributed by atoms with Gasteiger partial charge in [-0.15, -0.1) is 0 Å². The Bertz CT molecular complexity index is 610. The van der Waals surface area contributed by atoms with Crippen molar-refractivity contribution in [1.82, 2.24) is 5.32 Å². The van der Waals surface area contributed by atoms with E-state index < -0.39 is 0 Å². The van der Waals surface area contributed by atoms with Crippen molar-refractivity contribution in [3.05, 3.63) is 64.2 Å². The number of aryl methyl sites for hydroxylation is 1. The summed E-state index contributed by atoms with van der Waals surface area (Å²) >= 11 is 6.31. The van der Waals surface area contributed by atoms with Crippen LogP contribution in [0, 0.1) is 6.92 Å². The molecule has 0 saturated heterocycles. The molecule has 0 bridgehead atoms. The summed E-state index contributed by atoms with van der Waals surface area (Å²) in [5.74, 6) is 0. The summed E-state index contributed by atoms with van der Waals surface area (Å²) in [6.45, 7) is 4.04. The zero-order chi connectivity index (χ0) is 13.9. The maximum atomic E-state index is 6.31. The Morgan fingerprint density at radius 1 is 1.20 bits per heavy atom. The van der Waals surface area contributed by atoms with E-state index in [0.29, 0.717) is 6.04 Å². The highest BCUT2D eigenvalue weighted by atomic mass is 35.5. The van der Waals surface area contributed by atoms with E-state index in [1.165, 1.54) is 16.7 Å². The van der Waals surface area contributed by atoms with E-state index in [0.717, 1.165) is 30.2 Å². The molecule has 3 heteroatoms. The Kier molecular flexibility index (Phi) is 3.95. The van der Waals surface area contributed by atoms with Gasteiger partial charge in [-0.2, -0.15) is 0 Å². The summed E-state index contributed by atoms with van der Waals surface area (Å²) in [5, 5.41) is 7.87. The fraction of sp³-hybridized carbons (Fsp3) is 0.294. The lowest BCUT2D eigenvalue weighted by atomic mass is 9.99. The number of fused-ring (bicyclic) bond motifs is 1. The highest BCUT2D eigenvalue weighted by Gasteiger charge is 2.18. The van der Waals surface area contributed by atoms with Gasteiger partial charge in [0, 0.05) is 6.54 Å². The molecule has 1 unspecified atom stereocenters. The Balaban J connectivity index is 1.92. The lowest BCUT2D eigenvalue weighted by Crippen LogP contribution is -2.15. The van der Waals surface area contributed by atoms with Crippen molar-refractivity contribution < 1.29 is 0 Å². The van der Waals surface area contributed by atoms with Crippen LogP contribution in [0.2, 0.25) is 5.02 Å². The van der Waals surface area contributed by atoms with E-state index in [1.807, 2.05) is 12.1 Å². The van der Waals surface area contributed by atoms with E-state index in [2.05, 4.69) is 47.9 Å². The first-order valence-electron chi connectivity index (χ1n) is 7.05. The normalized spacial score (nSPS) is 18.2. The molecule has 104 valence electrons. The van der Waals surface area contributed by atoms with E-state index in [4.69, 9.17) is 11.6 Å². The molecule has 0 aliphatic carbocycles. The zero-order valence-corrected chi connectivity index (χ0v) is 12.4. The Morgan fingerprint density at radius 2 is 2.05 bits per heavy atom. The highest BCUT2D eigenvalue weighted by molar-refractivity contribution is 6.33. The third-order valence-electron chi connectivity index (χ3n) is 3.81. The molecule has 0 fully saturated rings. The van der Waals surface area contributed by atoms with Crippen molar-refractivity contribution in [3.63, 3.8) is 0 Å². The van der Waals surface area contributed by atoms with Gasteiger partial charge < -0.3 is 10.6 Å². The molecule has 1 aliphatic rings. The van der Waals surface area contributed by atoms with E-state index in [1.54, 1.807) is 0 Å². The first-order chi connectivity index (χ1) is 9.74. The fourth-order valence-corrected chi connectivity index (χ4v) is 2.92. The molecule has 3 rings (SSSR count). The highest BCUT2D eigenvalue weighted by Crippen LogP contribution is 2.31. The van der Waals surface area contributed by atoms with Crippen LogP contribution in [0.5, 0.6) is 0 Å². The van der Waals surface area contributed by atoms with E-state index >= 15 is 0 Å². The fourth-order valence-electron chi connectivity index (χ4n) is 2.75. The first kappa shape index (κ1) is 13.5. The van der Waals surface area contributed by atoms with Crippen LogP contribution in [-0.4, -0.2) is 6.54 Å². The largest absolute Gasteiger partial charge is 0.377 e. The van der Waals surface area contributed by atoms with Crippen molar-refractivity contribution in [2.45, 2.75) is 25.9 Å². The SMILES string of the molecule is Cc1ccc(Cl)c(NC2CCNCc3ccccc32)c1. The summed E-state index contributed by atoms with van der Waals surface area (Å²) < 4.78 is 0.